The average Bonchev–Trinajstić information content (AvgIpc) is 3.11. The summed E-state index contributed by atoms with van der Waals surface area (Å²) in [7, 11) is 0. The van der Waals surface area contributed by atoms with Crippen molar-refractivity contribution in [2.45, 2.75) is 20.1 Å². The maximum atomic E-state index is 12.6. The van der Waals surface area contributed by atoms with Crippen molar-refractivity contribution in [2.75, 3.05) is 5.32 Å². The maximum Gasteiger partial charge on any atom is 0.271 e. The van der Waals surface area contributed by atoms with Crippen LogP contribution in [0.5, 0.6) is 5.75 Å². The molecule has 7 nitrogen and oxygen atoms in total. The molecule has 28 heavy (non-hydrogen) atoms. The van der Waals surface area contributed by atoms with Crippen molar-refractivity contribution >= 4 is 33.4 Å². The van der Waals surface area contributed by atoms with E-state index in [1.54, 1.807) is 24.4 Å². The lowest BCUT2D eigenvalue weighted by Gasteiger charge is -2.08. The van der Waals surface area contributed by atoms with E-state index in [1.165, 1.54) is 4.68 Å². The fraction of sp³-hybridized carbons (Fsp3) is 0.150. The molecule has 3 N–H and O–H groups in total. The van der Waals surface area contributed by atoms with E-state index >= 15 is 0 Å². The van der Waals surface area contributed by atoms with Gasteiger partial charge in [-0.25, -0.2) is 0 Å². The number of benzene rings is 2. The molecule has 0 aliphatic carbocycles. The second kappa shape index (κ2) is 8.71. The topological polar surface area (TPSA) is 99.2 Å². The predicted molar refractivity (Wildman–Crippen MR) is 109 cm³/mol. The van der Waals surface area contributed by atoms with Crippen LogP contribution in [-0.2, 0) is 13.2 Å². The minimum Gasteiger partial charge on any atom is -0.489 e. The highest BCUT2D eigenvalue weighted by molar-refractivity contribution is 9.10. The van der Waals surface area contributed by atoms with Gasteiger partial charge in [-0.1, -0.05) is 28.1 Å². The SMILES string of the molecule is CCn1cc(NC(=O)c2cccc(COc3ccc(Br)cc3)c2)c(C(N)=O)n1. The minimum absolute atomic E-state index is 0.0323. The van der Waals surface area contributed by atoms with Gasteiger partial charge in [-0.05, 0) is 48.9 Å². The predicted octanol–water partition coefficient (Wildman–Crippen LogP) is 3.60. The summed E-state index contributed by atoms with van der Waals surface area (Å²) in [5.74, 6) is -0.320. The van der Waals surface area contributed by atoms with Crippen molar-refractivity contribution in [3.63, 3.8) is 0 Å². The van der Waals surface area contributed by atoms with Gasteiger partial charge in [0, 0.05) is 22.8 Å². The number of aryl methyl sites for hydroxylation is 1. The highest BCUT2D eigenvalue weighted by Crippen LogP contribution is 2.19. The Labute approximate surface area is 170 Å². The number of nitrogens with one attached hydrogen (secondary N) is 1. The molecule has 0 atom stereocenters. The van der Waals surface area contributed by atoms with Crippen molar-refractivity contribution in [1.82, 2.24) is 9.78 Å². The smallest absolute Gasteiger partial charge is 0.271 e. The Balaban J connectivity index is 1.71. The zero-order chi connectivity index (χ0) is 20.1. The molecule has 0 saturated heterocycles. The summed E-state index contributed by atoms with van der Waals surface area (Å²) in [4.78, 5) is 24.1. The maximum absolute atomic E-state index is 12.6. The van der Waals surface area contributed by atoms with Crippen LogP contribution in [0.25, 0.3) is 0 Å². The molecule has 2 amide bonds. The molecule has 0 aliphatic rings. The van der Waals surface area contributed by atoms with Crippen molar-refractivity contribution in [1.29, 1.82) is 0 Å². The van der Waals surface area contributed by atoms with E-state index in [1.807, 2.05) is 37.3 Å². The van der Waals surface area contributed by atoms with E-state index < -0.39 is 5.91 Å². The summed E-state index contributed by atoms with van der Waals surface area (Å²) in [5.41, 5.74) is 6.94. The summed E-state index contributed by atoms with van der Waals surface area (Å²) in [6, 6.07) is 14.6. The molecular formula is C20H19BrN4O3. The second-order valence-electron chi connectivity index (χ2n) is 6.01. The first-order chi connectivity index (χ1) is 13.5. The molecule has 0 bridgehead atoms. The van der Waals surface area contributed by atoms with Gasteiger partial charge in [0.25, 0.3) is 11.8 Å². The van der Waals surface area contributed by atoms with Crippen molar-refractivity contribution in [3.8, 4) is 5.75 Å². The van der Waals surface area contributed by atoms with E-state index in [4.69, 9.17) is 10.5 Å². The number of hydrogen-bond donors (Lipinski definition) is 2. The molecule has 1 aromatic heterocycles. The van der Waals surface area contributed by atoms with E-state index in [0.29, 0.717) is 18.7 Å². The molecule has 2 aromatic carbocycles. The van der Waals surface area contributed by atoms with E-state index in [9.17, 15) is 9.59 Å². The molecule has 0 saturated carbocycles. The van der Waals surface area contributed by atoms with Crippen LogP contribution in [0, 0.1) is 0 Å². The lowest BCUT2D eigenvalue weighted by atomic mass is 10.1. The fourth-order valence-electron chi connectivity index (χ4n) is 2.55. The second-order valence-corrected chi connectivity index (χ2v) is 6.92. The third-order valence-corrected chi connectivity index (χ3v) is 4.50. The van der Waals surface area contributed by atoms with Crippen molar-refractivity contribution in [2.24, 2.45) is 5.73 Å². The average molecular weight is 443 g/mol. The molecule has 1 heterocycles. The van der Waals surface area contributed by atoms with Crippen LogP contribution in [0.15, 0.2) is 59.2 Å². The van der Waals surface area contributed by atoms with Crippen molar-refractivity contribution in [3.05, 3.63) is 76.0 Å². The Bertz CT molecular complexity index is 999. The molecule has 0 fully saturated rings. The zero-order valence-electron chi connectivity index (χ0n) is 15.2. The first-order valence-electron chi connectivity index (χ1n) is 8.62. The van der Waals surface area contributed by atoms with Gasteiger partial charge >= 0.3 is 0 Å². The Morgan fingerprint density at radius 3 is 2.64 bits per heavy atom. The number of carbonyl (C=O) groups is 2. The normalized spacial score (nSPS) is 10.5. The summed E-state index contributed by atoms with van der Waals surface area (Å²) in [6.07, 6.45) is 1.58. The third kappa shape index (κ3) is 4.77. The van der Waals surface area contributed by atoms with Crippen molar-refractivity contribution < 1.29 is 14.3 Å². The number of rotatable bonds is 7. The van der Waals surface area contributed by atoms with E-state index in [-0.39, 0.29) is 17.3 Å². The molecule has 0 unspecified atom stereocenters. The van der Waals surface area contributed by atoms with E-state index in [0.717, 1.165) is 15.8 Å². The van der Waals surface area contributed by atoms with Crippen LogP contribution in [0.2, 0.25) is 0 Å². The fourth-order valence-corrected chi connectivity index (χ4v) is 2.82. The zero-order valence-corrected chi connectivity index (χ0v) is 16.8. The summed E-state index contributed by atoms with van der Waals surface area (Å²) >= 11 is 3.38. The van der Waals surface area contributed by atoms with Gasteiger partial charge in [-0.15, -0.1) is 0 Å². The summed E-state index contributed by atoms with van der Waals surface area (Å²) in [5, 5.41) is 6.77. The van der Waals surface area contributed by atoms with Crippen LogP contribution < -0.4 is 15.8 Å². The Morgan fingerprint density at radius 2 is 1.96 bits per heavy atom. The third-order valence-electron chi connectivity index (χ3n) is 3.98. The minimum atomic E-state index is -0.695. The number of nitrogens with two attached hydrogens (primary N) is 1. The number of nitrogens with zero attached hydrogens (tertiary/aromatic N) is 2. The highest BCUT2D eigenvalue weighted by Gasteiger charge is 2.17. The molecular weight excluding hydrogens is 424 g/mol. The Kier molecular flexibility index (Phi) is 6.10. The van der Waals surface area contributed by atoms with Gasteiger partial charge in [0.1, 0.15) is 12.4 Å². The van der Waals surface area contributed by atoms with Gasteiger partial charge in [0.05, 0.1) is 5.69 Å². The lowest BCUT2D eigenvalue weighted by Crippen LogP contribution is -2.18. The largest absolute Gasteiger partial charge is 0.489 e. The van der Waals surface area contributed by atoms with E-state index in [2.05, 4.69) is 26.3 Å². The number of halogens is 1. The number of aromatic nitrogens is 2. The molecule has 3 rings (SSSR count). The Hall–Kier alpha value is -3.13. The molecule has 8 heteroatoms. The number of ether oxygens (including phenoxy) is 1. The first kappa shape index (κ1) is 19.6. The quantitative estimate of drug-likeness (QED) is 0.583. The number of carbonyl (C=O) groups excluding carboxylic acids is 2. The molecule has 3 aromatic rings. The number of anilines is 1. The molecule has 0 aliphatic heterocycles. The molecule has 0 spiro atoms. The first-order valence-corrected chi connectivity index (χ1v) is 9.41. The monoisotopic (exact) mass is 442 g/mol. The summed E-state index contributed by atoms with van der Waals surface area (Å²) in [6.45, 7) is 2.75. The van der Waals surface area contributed by atoms with Gasteiger partial charge in [-0.2, -0.15) is 5.10 Å². The Morgan fingerprint density at radius 1 is 1.21 bits per heavy atom. The number of amides is 2. The number of primary amides is 1. The number of hydrogen-bond acceptors (Lipinski definition) is 4. The van der Waals surface area contributed by atoms with Crippen LogP contribution in [-0.4, -0.2) is 21.6 Å². The van der Waals surface area contributed by atoms with Gasteiger partial charge in [0.15, 0.2) is 5.69 Å². The van der Waals surface area contributed by atoms with Crippen LogP contribution in [0.1, 0.15) is 33.3 Å². The van der Waals surface area contributed by atoms with Gasteiger partial charge < -0.3 is 15.8 Å². The van der Waals surface area contributed by atoms with Crippen LogP contribution in [0.4, 0.5) is 5.69 Å². The van der Waals surface area contributed by atoms with Crippen LogP contribution >= 0.6 is 15.9 Å². The lowest BCUT2D eigenvalue weighted by molar-refractivity contribution is 0.0995. The van der Waals surface area contributed by atoms with Gasteiger partial charge in [0.2, 0.25) is 0 Å². The standard InChI is InChI=1S/C20H19BrN4O3/c1-2-25-11-17(18(24-25)19(22)26)23-20(27)14-5-3-4-13(10-14)12-28-16-8-6-15(21)7-9-16/h3-11H,2,12H2,1H3,(H2,22,26)(H,23,27). The highest BCUT2D eigenvalue weighted by atomic mass is 79.9. The molecule has 144 valence electrons. The molecule has 0 radical (unpaired) electrons. The van der Waals surface area contributed by atoms with Crippen LogP contribution in [0.3, 0.4) is 0 Å². The van der Waals surface area contributed by atoms with Gasteiger partial charge in [-0.3, -0.25) is 14.3 Å². The summed E-state index contributed by atoms with van der Waals surface area (Å²) < 4.78 is 8.25.